The van der Waals surface area contributed by atoms with E-state index in [1.54, 1.807) is 0 Å². The van der Waals surface area contributed by atoms with Crippen molar-refractivity contribution in [3.05, 3.63) is 10.0 Å². The van der Waals surface area contributed by atoms with Crippen LogP contribution in [-0.2, 0) is 0 Å². The second-order valence-electron chi connectivity index (χ2n) is 5.05. The Labute approximate surface area is 127 Å². The van der Waals surface area contributed by atoms with Crippen LogP contribution in [0.15, 0.2) is 0 Å². The number of carboxylic acid groups (broad SMARTS) is 1. The van der Waals surface area contributed by atoms with E-state index in [1.807, 2.05) is 0 Å². The Hall–Kier alpha value is -0.890. The molecule has 8 heteroatoms. The van der Waals surface area contributed by atoms with E-state index in [0.717, 1.165) is 50.6 Å². The molecule has 2 rings (SSSR count). The second kappa shape index (κ2) is 6.71. The third kappa shape index (κ3) is 3.82. The van der Waals surface area contributed by atoms with Crippen LogP contribution in [0.4, 0.5) is 5.13 Å². The number of hydrogen-bond acceptors (Lipinski definition) is 6. The predicted octanol–water partition coefficient (Wildman–Crippen LogP) is 1.18. The summed E-state index contributed by atoms with van der Waals surface area (Å²) in [5, 5.41) is 9.79. The van der Waals surface area contributed by atoms with Crippen molar-refractivity contribution in [2.45, 2.75) is 0 Å². The maximum Gasteiger partial charge on any atom is 0.349 e. The number of likely N-dealkylation sites (N-methyl/N-ethyl adjacent to an activating group) is 1. The monoisotopic (exact) mass is 318 g/mol. The minimum absolute atomic E-state index is 0.0903. The molecule has 0 spiro atoms. The number of thiazole rings is 1. The Kier molecular flexibility index (Phi) is 5.20. The van der Waals surface area contributed by atoms with Gasteiger partial charge in [-0.1, -0.05) is 22.9 Å². The number of aromatic nitrogens is 1. The number of aromatic carboxylic acids is 1. The van der Waals surface area contributed by atoms with E-state index in [-0.39, 0.29) is 10.0 Å². The average Bonchev–Trinajstić information content (AvgIpc) is 2.79. The summed E-state index contributed by atoms with van der Waals surface area (Å²) in [5.74, 6) is -1.01. The van der Waals surface area contributed by atoms with E-state index < -0.39 is 5.97 Å². The Bertz CT molecular complexity index is 472. The molecule has 2 heterocycles. The number of halogens is 1. The van der Waals surface area contributed by atoms with E-state index in [9.17, 15) is 4.79 Å². The summed E-state index contributed by atoms with van der Waals surface area (Å²) >= 11 is 7.00. The number of hydrogen-bond donors (Lipinski definition) is 1. The second-order valence-corrected chi connectivity index (χ2v) is 6.39. The van der Waals surface area contributed by atoms with Crippen molar-refractivity contribution in [3.63, 3.8) is 0 Å². The van der Waals surface area contributed by atoms with Crippen LogP contribution >= 0.6 is 22.9 Å². The van der Waals surface area contributed by atoms with Crippen LogP contribution in [0, 0.1) is 0 Å². The van der Waals surface area contributed by atoms with Crippen molar-refractivity contribution in [1.82, 2.24) is 14.8 Å². The fourth-order valence-electron chi connectivity index (χ4n) is 2.06. The number of rotatable bonds is 5. The number of carbonyl (C=O) groups is 1. The van der Waals surface area contributed by atoms with Crippen molar-refractivity contribution in [2.24, 2.45) is 0 Å². The molecule has 1 aliphatic heterocycles. The summed E-state index contributed by atoms with van der Waals surface area (Å²) in [7, 11) is 4.14. The first kappa shape index (κ1) is 15.5. The van der Waals surface area contributed by atoms with Gasteiger partial charge in [-0.05, 0) is 14.1 Å². The fourth-order valence-corrected chi connectivity index (χ4v) is 3.24. The molecule has 0 aromatic carbocycles. The molecule has 1 aromatic rings. The SMILES string of the molecule is CN(C)CCN1CCN(c2nc(Cl)c(C(=O)O)s2)CC1. The smallest absolute Gasteiger partial charge is 0.349 e. The molecule has 6 nitrogen and oxygen atoms in total. The third-order valence-electron chi connectivity index (χ3n) is 3.28. The molecule has 1 aromatic heterocycles. The average molecular weight is 319 g/mol. The molecule has 1 saturated heterocycles. The van der Waals surface area contributed by atoms with E-state index in [2.05, 4.69) is 33.8 Å². The van der Waals surface area contributed by atoms with Crippen LogP contribution in [0.1, 0.15) is 9.67 Å². The van der Waals surface area contributed by atoms with Crippen molar-refractivity contribution >= 4 is 34.0 Å². The quantitative estimate of drug-likeness (QED) is 0.879. The van der Waals surface area contributed by atoms with E-state index in [4.69, 9.17) is 16.7 Å². The van der Waals surface area contributed by atoms with Gasteiger partial charge in [0.1, 0.15) is 0 Å². The zero-order valence-electron chi connectivity index (χ0n) is 11.7. The lowest BCUT2D eigenvalue weighted by Crippen LogP contribution is -2.48. The summed E-state index contributed by atoms with van der Waals surface area (Å²) in [6.45, 7) is 5.75. The number of nitrogens with zero attached hydrogens (tertiary/aromatic N) is 4. The largest absolute Gasteiger partial charge is 0.477 e. The van der Waals surface area contributed by atoms with Crippen molar-refractivity contribution in [3.8, 4) is 0 Å². The normalized spacial score (nSPS) is 16.9. The minimum Gasteiger partial charge on any atom is -0.477 e. The lowest BCUT2D eigenvalue weighted by molar-refractivity contribution is 0.0702. The molecule has 1 aliphatic rings. The molecule has 0 radical (unpaired) electrons. The van der Waals surface area contributed by atoms with Crippen LogP contribution < -0.4 is 4.90 Å². The van der Waals surface area contributed by atoms with Gasteiger partial charge in [-0.2, -0.15) is 0 Å². The summed E-state index contributed by atoms with van der Waals surface area (Å²) in [6.07, 6.45) is 0. The van der Waals surface area contributed by atoms with Crippen LogP contribution in [0.25, 0.3) is 0 Å². The van der Waals surface area contributed by atoms with E-state index in [0.29, 0.717) is 5.13 Å². The number of anilines is 1. The maximum atomic E-state index is 11.0. The van der Waals surface area contributed by atoms with Gasteiger partial charge >= 0.3 is 5.97 Å². The van der Waals surface area contributed by atoms with Crippen LogP contribution in [0.5, 0.6) is 0 Å². The van der Waals surface area contributed by atoms with Crippen LogP contribution in [0.3, 0.4) is 0 Å². The molecule has 0 amide bonds. The Morgan fingerprint density at radius 2 is 2.05 bits per heavy atom. The molecular formula is C12H19ClN4O2S. The molecule has 20 heavy (non-hydrogen) atoms. The topological polar surface area (TPSA) is 59.9 Å². The van der Waals surface area contributed by atoms with Gasteiger partial charge in [0.25, 0.3) is 0 Å². The van der Waals surface area contributed by atoms with Crippen LogP contribution in [0.2, 0.25) is 5.15 Å². The molecule has 112 valence electrons. The highest BCUT2D eigenvalue weighted by atomic mass is 35.5. The van der Waals surface area contributed by atoms with Gasteiger partial charge < -0.3 is 14.9 Å². The minimum atomic E-state index is -1.01. The first-order chi connectivity index (χ1) is 9.47. The van der Waals surface area contributed by atoms with Crippen molar-refractivity contribution in [1.29, 1.82) is 0 Å². The van der Waals surface area contributed by atoms with Crippen molar-refractivity contribution < 1.29 is 9.90 Å². The predicted molar refractivity (Wildman–Crippen MR) is 81.3 cm³/mol. The van der Waals surface area contributed by atoms with Gasteiger partial charge in [0.15, 0.2) is 15.2 Å². The summed E-state index contributed by atoms with van der Waals surface area (Å²) < 4.78 is 0. The highest BCUT2D eigenvalue weighted by Gasteiger charge is 2.23. The van der Waals surface area contributed by atoms with Gasteiger partial charge in [-0.25, -0.2) is 9.78 Å². The molecule has 0 aliphatic carbocycles. The lowest BCUT2D eigenvalue weighted by Gasteiger charge is -2.34. The molecular weight excluding hydrogens is 300 g/mol. The molecule has 1 N–H and O–H groups in total. The number of piperazine rings is 1. The van der Waals surface area contributed by atoms with Crippen LogP contribution in [-0.4, -0.2) is 79.2 Å². The number of carboxylic acids is 1. The van der Waals surface area contributed by atoms with Gasteiger partial charge in [0.05, 0.1) is 0 Å². The summed E-state index contributed by atoms with van der Waals surface area (Å²) in [5.41, 5.74) is 0. The Balaban J connectivity index is 1.90. The lowest BCUT2D eigenvalue weighted by atomic mass is 10.3. The maximum absolute atomic E-state index is 11.0. The van der Waals surface area contributed by atoms with Gasteiger partial charge in [0, 0.05) is 39.3 Å². The molecule has 0 atom stereocenters. The first-order valence-electron chi connectivity index (χ1n) is 6.49. The van der Waals surface area contributed by atoms with E-state index in [1.165, 1.54) is 0 Å². The standard InChI is InChI=1S/C12H19ClN4O2S/c1-15(2)3-4-16-5-7-17(8-6-16)12-14-10(13)9(20-12)11(18)19/h3-8H2,1-2H3,(H,18,19). The Morgan fingerprint density at radius 3 is 2.55 bits per heavy atom. The summed E-state index contributed by atoms with van der Waals surface area (Å²) in [6, 6.07) is 0. The molecule has 0 unspecified atom stereocenters. The van der Waals surface area contributed by atoms with Gasteiger partial charge in [0.2, 0.25) is 0 Å². The highest BCUT2D eigenvalue weighted by molar-refractivity contribution is 7.18. The molecule has 1 fully saturated rings. The summed E-state index contributed by atoms with van der Waals surface area (Å²) in [4.78, 5) is 21.9. The zero-order valence-corrected chi connectivity index (χ0v) is 13.2. The molecule has 0 bridgehead atoms. The third-order valence-corrected chi connectivity index (χ3v) is 4.76. The van der Waals surface area contributed by atoms with Gasteiger partial charge in [-0.3, -0.25) is 4.90 Å². The van der Waals surface area contributed by atoms with E-state index >= 15 is 0 Å². The zero-order chi connectivity index (χ0) is 14.7. The Morgan fingerprint density at radius 1 is 1.40 bits per heavy atom. The van der Waals surface area contributed by atoms with Gasteiger partial charge in [-0.15, -0.1) is 0 Å². The highest BCUT2D eigenvalue weighted by Crippen LogP contribution is 2.30. The fraction of sp³-hybridized carbons (Fsp3) is 0.667. The van der Waals surface area contributed by atoms with Crippen molar-refractivity contribution in [2.75, 3.05) is 58.3 Å². The first-order valence-corrected chi connectivity index (χ1v) is 7.68. The molecule has 0 saturated carbocycles.